The van der Waals surface area contributed by atoms with Crippen molar-refractivity contribution in [2.45, 2.75) is 109 Å². The van der Waals surface area contributed by atoms with Crippen LogP contribution in [0.4, 0.5) is 5.69 Å². The lowest BCUT2D eigenvalue weighted by Crippen LogP contribution is -2.57. The highest BCUT2D eigenvalue weighted by Crippen LogP contribution is 2.65. The Balaban J connectivity index is 1.02. The molecule has 3 saturated carbocycles. The van der Waals surface area contributed by atoms with Gasteiger partial charge in [0.2, 0.25) is 5.91 Å². The zero-order valence-electron chi connectivity index (χ0n) is 29.8. The fourth-order valence-corrected chi connectivity index (χ4v) is 12.2. The summed E-state index contributed by atoms with van der Waals surface area (Å²) in [6.07, 6.45) is 12.0. The Hall–Kier alpha value is -1.80. The molecule has 1 aromatic rings. The molecule has 0 unspecified atom stereocenters. The van der Waals surface area contributed by atoms with Gasteiger partial charge in [-0.1, -0.05) is 39.0 Å². The molecule has 0 aromatic heterocycles. The maximum atomic E-state index is 13.9. The molecule has 49 heavy (non-hydrogen) atoms. The van der Waals surface area contributed by atoms with Gasteiger partial charge < -0.3 is 24.4 Å². The van der Waals surface area contributed by atoms with Crippen LogP contribution in [-0.2, 0) is 23.8 Å². The molecule has 1 amide bonds. The molecule has 3 heterocycles. The van der Waals surface area contributed by atoms with Crippen LogP contribution in [0.2, 0.25) is 0 Å². The van der Waals surface area contributed by atoms with E-state index < -0.39 is 5.79 Å². The summed E-state index contributed by atoms with van der Waals surface area (Å²) in [4.78, 5) is 29.2. The summed E-state index contributed by atoms with van der Waals surface area (Å²) in [6.45, 7) is 11.5. The first-order valence-electron chi connectivity index (χ1n) is 19.0. The fraction of sp³-hybridized carbons (Fsp3) is 0.750. The van der Waals surface area contributed by atoms with Crippen LogP contribution in [0.3, 0.4) is 0 Å². The van der Waals surface area contributed by atoms with Gasteiger partial charge in [-0.05, 0) is 105 Å². The Kier molecular flexibility index (Phi) is 10.1. The second-order valence-electron chi connectivity index (χ2n) is 16.8. The van der Waals surface area contributed by atoms with Gasteiger partial charge in [-0.2, -0.15) is 0 Å². The number of rotatable bonds is 8. The number of benzene rings is 1. The largest absolute Gasteiger partial charge is 0.459 e. The lowest BCUT2D eigenvalue weighted by Gasteiger charge is -2.56. The van der Waals surface area contributed by atoms with Crippen molar-refractivity contribution in [3.05, 3.63) is 35.9 Å². The molecule has 7 rings (SSSR count). The summed E-state index contributed by atoms with van der Waals surface area (Å²) in [5.41, 5.74) is 1.70. The molecule has 1 aromatic carbocycles. The van der Waals surface area contributed by atoms with E-state index in [4.69, 9.17) is 37.4 Å². The predicted octanol–water partition coefficient (Wildman–Crippen LogP) is 7.82. The fourth-order valence-electron chi connectivity index (χ4n) is 11.8. The van der Waals surface area contributed by atoms with E-state index in [0.29, 0.717) is 60.9 Å². The van der Waals surface area contributed by atoms with Crippen LogP contribution >= 0.6 is 23.2 Å². The predicted molar refractivity (Wildman–Crippen MR) is 195 cm³/mol. The number of hydrogen-bond donors (Lipinski definition) is 1. The minimum Gasteiger partial charge on any atom is -0.459 e. The van der Waals surface area contributed by atoms with Crippen molar-refractivity contribution < 1.29 is 23.8 Å². The number of nitrogens with zero attached hydrogens (tertiary/aromatic N) is 1. The quantitative estimate of drug-likeness (QED) is 0.168. The van der Waals surface area contributed by atoms with Crippen molar-refractivity contribution >= 4 is 46.8 Å². The average molecular weight is 716 g/mol. The number of halogens is 2. The van der Waals surface area contributed by atoms with Crippen LogP contribution in [0.5, 0.6) is 0 Å². The van der Waals surface area contributed by atoms with Crippen molar-refractivity contribution in [1.29, 1.82) is 0 Å². The van der Waals surface area contributed by atoms with Crippen LogP contribution < -0.4 is 10.2 Å². The van der Waals surface area contributed by atoms with Crippen LogP contribution in [0, 0.1) is 46.8 Å². The van der Waals surface area contributed by atoms with Crippen molar-refractivity contribution in [3.63, 3.8) is 0 Å². The van der Waals surface area contributed by atoms with Gasteiger partial charge in [0, 0.05) is 66.8 Å². The number of esters is 1. The van der Waals surface area contributed by atoms with Crippen LogP contribution in [0.1, 0.15) is 91.0 Å². The zero-order chi connectivity index (χ0) is 34.6. The number of amides is 1. The van der Waals surface area contributed by atoms with Crippen LogP contribution in [0.15, 0.2) is 30.3 Å². The number of anilines is 1. The van der Waals surface area contributed by atoms with Crippen molar-refractivity contribution in [2.75, 3.05) is 36.4 Å². The molecule has 1 N–H and O–H groups in total. The molecular formula is C40H56Cl2N2O5. The summed E-state index contributed by atoms with van der Waals surface area (Å²) < 4.78 is 19.5. The normalized spacial score (nSPS) is 42.9. The summed E-state index contributed by atoms with van der Waals surface area (Å²) >= 11 is 12.1. The van der Waals surface area contributed by atoms with E-state index in [1.54, 1.807) is 6.08 Å². The molecule has 0 bridgehead atoms. The molecule has 3 aliphatic carbocycles. The van der Waals surface area contributed by atoms with Crippen LogP contribution in [-0.4, -0.2) is 66.9 Å². The number of fused-ring (bicyclic) bond motifs is 7. The van der Waals surface area contributed by atoms with E-state index >= 15 is 0 Å². The average Bonchev–Trinajstić information content (AvgIpc) is 3.46. The van der Waals surface area contributed by atoms with Crippen molar-refractivity contribution in [3.8, 4) is 0 Å². The Morgan fingerprint density at radius 2 is 1.82 bits per heavy atom. The Morgan fingerprint density at radius 3 is 2.55 bits per heavy atom. The first-order valence-corrected chi connectivity index (χ1v) is 20.1. The van der Waals surface area contributed by atoms with Gasteiger partial charge in [0.25, 0.3) is 0 Å². The highest BCUT2D eigenvalue weighted by Gasteiger charge is 2.69. The number of para-hydroxylation sites is 1. The molecule has 270 valence electrons. The van der Waals surface area contributed by atoms with Crippen LogP contribution in [0.25, 0.3) is 6.08 Å². The lowest BCUT2D eigenvalue weighted by atomic mass is 9.49. The van der Waals surface area contributed by atoms with Gasteiger partial charge >= 0.3 is 5.97 Å². The summed E-state index contributed by atoms with van der Waals surface area (Å²) in [7, 11) is 0. The van der Waals surface area contributed by atoms with Gasteiger partial charge in [-0.15, -0.1) is 23.2 Å². The van der Waals surface area contributed by atoms with E-state index in [9.17, 15) is 9.59 Å². The summed E-state index contributed by atoms with van der Waals surface area (Å²) in [6, 6.07) is 7.99. The first-order chi connectivity index (χ1) is 23.5. The molecule has 3 saturated heterocycles. The van der Waals surface area contributed by atoms with Crippen molar-refractivity contribution in [1.82, 2.24) is 5.32 Å². The second kappa shape index (κ2) is 14.0. The van der Waals surface area contributed by atoms with E-state index in [-0.39, 0.29) is 46.9 Å². The minimum atomic E-state index is -0.501. The Morgan fingerprint density at radius 1 is 1.04 bits per heavy atom. The van der Waals surface area contributed by atoms with E-state index in [1.807, 2.05) is 30.3 Å². The summed E-state index contributed by atoms with van der Waals surface area (Å²) in [5, 5.41) is 3.64. The smallest absolute Gasteiger partial charge is 0.331 e. The summed E-state index contributed by atoms with van der Waals surface area (Å²) in [5.74, 6) is 3.09. The SMILES string of the molecule is C[C@@H]1CC[C@@]2(OC1)O[C@H]1C[C@H]3[C@@H]4CC[C@H]5C[C@@H](OC(=O)/C=C/c6ccccc6N(CCCl)CCCl)CC[C@]5(C)[C@H]4CC(=O)N[C@]3(C)[C@H]1[C@@H]2C. The number of ether oxygens (including phenoxy) is 3. The zero-order valence-corrected chi connectivity index (χ0v) is 31.3. The lowest BCUT2D eigenvalue weighted by molar-refractivity contribution is -0.271. The number of alkyl halides is 2. The Labute approximate surface area is 303 Å². The maximum Gasteiger partial charge on any atom is 0.331 e. The third-order valence-corrected chi connectivity index (χ3v) is 14.6. The highest BCUT2D eigenvalue weighted by molar-refractivity contribution is 6.18. The van der Waals surface area contributed by atoms with E-state index in [2.05, 4.69) is 37.9 Å². The number of carbonyl (C=O) groups excluding carboxylic acids is 2. The molecule has 6 fully saturated rings. The van der Waals surface area contributed by atoms with Gasteiger partial charge in [0.05, 0.1) is 12.7 Å². The second-order valence-corrected chi connectivity index (χ2v) is 17.5. The number of carbonyl (C=O) groups is 2. The number of hydrogen-bond acceptors (Lipinski definition) is 6. The Bertz CT molecular complexity index is 1410. The highest BCUT2D eigenvalue weighted by atomic mass is 35.5. The van der Waals surface area contributed by atoms with E-state index in [1.165, 1.54) is 0 Å². The maximum absolute atomic E-state index is 13.9. The molecular weight excluding hydrogens is 659 g/mol. The number of nitrogens with one attached hydrogen (secondary N) is 1. The first kappa shape index (κ1) is 35.6. The molecule has 7 nitrogen and oxygen atoms in total. The van der Waals surface area contributed by atoms with E-state index in [0.717, 1.165) is 69.2 Å². The van der Waals surface area contributed by atoms with Gasteiger partial charge in [0.15, 0.2) is 5.79 Å². The standard InChI is InChI=1S/C40H56Cl2N2O5/c1-25-13-16-40(47-24-25)26(2)37-34(49-40)22-32-30-11-10-28-21-29(14-15-38(28,3)31(30)23-35(45)43-39(32,37)4)48-36(46)12-9-27-7-5-6-8-33(27)44(19-17-41)20-18-42/h5-9,12,25-26,28-32,34,37H,10-11,13-24H2,1-4H3,(H,43,45)/b12-9+/t25-,26+,28+,29+,30-,31+,32+,34+,37+,38+,39+,40-/m1/s1. The van der Waals surface area contributed by atoms with Crippen molar-refractivity contribution in [2.24, 2.45) is 46.8 Å². The van der Waals surface area contributed by atoms with Gasteiger partial charge in [-0.3, -0.25) is 4.79 Å². The topological polar surface area (TPSA) is 77.1 Å². The minimum absolute atomic E-state index is 0.0471. The molecule has 12 atom stereocenters. The third-order valence-electron chi connectivity index (χ3n) is 14.2. The molecule has 3 aliphatic heterocycles. The molecule has 0 radical (unpaired) electrons. The van der Waals surface area contributed by atoms with Gasteiger partial charge in [-0.25, -0.2) is 4.79 Å². The molecule has 1 spiro atoms. The molecule has 6 aliphatic rings. The monoisotopic (exact) mass is 714 g/mol. The third kappa shape index (κ3) is 6.35. The van der Waals surface area contributed by atoms with Gasteiger partial charge in [0.1, 0.15) is 6.10 Å². The molecule has 9 heteroatoms.